The largest absolute Gasteiger partial charge is 0.382 e. The Morgan fingerprint density at radius 2 is 1.95 bits per heavy atom. The maximum absolute atomic E-state index is 9.10. The van der Waals surface area contributed by atoms with E-state index in [1.165, 1.54) is 18.2 Å². The van der Waals surface area contributed by atoms with E-state index >= 15 is 0 Å². The van der Waals surface area contributed by atoms with Crippen LogP contribution >= 0.6 is 11.8 Å². The fourth-order valence-electron chi connectivity index (χ4n) is 1.79. The summed E-state index contributed by atoms with van der Waals surface area (Å²) in [5.41, 5.74) is 9.10. The minimum atomic E-state index is 0.365. The van der Waals surface area contributed by atoms with Crippen molar-refractivity contribution in [1.82, 2.24) is 14.6 Å². The number of aryl methyl sites for hydroxylation is 2. The van der Waals surface area contributed by atoms with E-state index in [4.69, 9.17) is 11.0 Å². The molecule has 0 aliphatic carbocycles. The van der Waals surface area contributed by atoms with Crippen LogP contribution in [0.2, 0.25) is 0 Å². The van der Waals surface area contributed by atoms with E-state index < -0.39 is 0 Å². The highest BCUT2D eigenvalue weighted by Crippen LogP contribution is 2.26. The normalized spacial score (nSPS) is 10.0. The number of rotatable bonds is 2. The second kappa shape index (κ2) is 7.15. The van der Waals surface area contributed by atoms with Crippen LogP contribution < -0.4 is 5.73 Å². The topological polar surface area (TPSA) is 80.0 Å². The first-order valence-electron chi connectivity index (χ1n) is 6.67. The number of anilines is 1. The third kappa shape index (κ3) is 2.88. The molecule has 2 heterocycles. The minimum Gasteiger partial charge on any atom is -0.382 e. The van der Waals surface area contributed by atoms with E-state index in [1.54, 1.807) is 4.52 Å². The van der Waals surface area contributed by atoms with Crippen LogP contribution in [0.3, 0.4) is 0 Å². The van der Waals surface area contributed by atoms with Crippen LogP contribution in [0.5, 0.6) is 0 Å². The lowest BCUT2D eigenvalue weighted by atomic mass is 10.2. The molecule has 0 radical (unpaired) electrons. The molecule has 0 spiro atoms. The summed E-state index contributed by atoms with van der Waals surface area (Å²) in [5, 5.41) is 14.1. The van der Waals surface area contributed by atoms with Gasteiger partial charge in [-0.05, 0) is 19.6 Å². The first kappa shape index (κ1) is 16.3. The summed E-state index contributed by atoms with van der Waals surface area (Å²) in [4.78, 5) is 4.45. The van der Waals surface area contributed by atoms with E-state index in [0.29, 0.717) is 16.4 Å². The van der Waals surface area contributed by atoms with E-state index in [-0.39, 0.29) is 0 Å². The van der Waals surface area contributed by atoms with Crippen LogP contribution in [0.15, 0.2) is 5.03 Å². The van der Waals surface area contributed by atoms with Crippen LogP contribution in [-0.4, -0.2) is 20.9 Å². The average Bonchev–Trinajstić information content (AvgIpc) is 2.76. The Balaban J connectivity index is 0.000000612. The third-order valence-electron chi connectivity index (χ3n) is 2.74. The molecule has 108 valence electrons. The molecule has 2 N–H and O–H groups in total. The maximum Gasteiger partial charge on any atom is 0.161 e. The van der Waals surface area contributed by atoms with Crippen molar-refractivity contribution in [2.75, 3.05) is 12.0 Å². The van der Waals surface area contributed by atoms with E-state index in [9.17, 15) is 0 Å². The van der Waals surface area contributed by atoms with Gasteiger partial charge in [-0.15, -0.1) is 11.8 Å². The molecule has 6 heteroatoms. The molecule has 0 unspecified atom stereocenters. The SMILES string of the molecule is CCC.CCc1nn2c(N)c(C#N)c(SC)nc2c1C. The summed E-state index contributed by atoms with van der Waals surface area (Å²) in [7, 11) is 0. The van der Waals surface area contributed by atoms with Crippen molar-refractivity contribution in [3.05, 3.63) is 16.8 Å². The molecule has 0 aliphatic heterocycles. The molecule has 0 saturated carbocycles. The van der Waals surface area contributed by atoms with Crippen molar-refractivity contribution in [2.45, 2.75) is 45.6 Å². The Kier molecular flexibility index (Phi) is 5.83. The molecule has 2 aromatic heterocycles. The Morgan fingerprint density at radius 3 is 2.40 bits per heavy atom. The van der Waals surface area contributed by atoms with E-state index in [2.05, 4.69) is 30.0 Å². The highest BCUT2D eigenvalue weighted by molar-refractivity contribution is 7.98. The number of thioether (sulfide) groups is 1. The molecule has 20 heavy (non-hydrogen) atoms. The van der Waals surface area contributed by atoms with Gasteiger partial charge < -0.3 is 5.73 Å². The number of nitrogens with two attached hydrogens (primary N) is 1. The second-order valence-corrected chi connectivity index (χ2v) is 5.16. The number of fused-ring (bicyclic) bond motifs is 1. The predicted octanol–water partition coefficient (Wildman–Crippen LogP) is 3.19. The molecule has 0 aliphatic rings. The van der Waals surface area contributed by atoms with Gasteiger partial charge in [-0.1, -0.05) is 27.2 Å². The van der Waals surface area contributed by atoms with Crippen molar-refractivity contribution in [2.24, 2.45) is 0 Å². The summed E-state index contributed by atoms with van der Waals surface area (Å²) >= 11 is 1.42. The molecular formula is C14H21N5S. The number of hydrogen-bond donors (Lipinski definition) is 1. The third-order valence-corrected chi connectivity index (χ3v) is 3.42. The molecule has 2 rings (SSSR count). The highest BCUT2D eigenvalue weighted by atomic mass is 32.2. The van der Waals surface area contributed by atoms with Gasteiger partial charge in [0, 0.05) is 5.56 Å². The van der Waals surface area contributed by atoms with Crippen molar-refractivity contribution in [1.29, 1.82) is 5.26 Å². The molecule has 0 amide bonds. The number of nitrogen functional groups attached to an aromatic ring is 1. The van der Waals surface area contributed by atoms with Crippen molar-refractivity contribution in [3.8, 4) is 6.07 Å². The summed E-state index contributed by atoms with van der Waals surface area (Å²) in [6.07, 6.45) is 3.96. The molecule has 0 saturated heterocycles. The van der Waals surface area contributed by atoms with Crippen LogP contribution in [0.4, 0.5) is 5.82 Å². The summed E-state index contributed by atoms with van der Waals surface area (Å²) in [5.74, 6) is 0.365. The van der Waals surface area contributed by atoms with Gasteiger partial charge >= 0.3 is 0 Å². The Bertz CT molecular complexity index is 639. The van der Waals surface area contributed by atoms with Gasteiger partial charge in [-0.25, -0.2) is 4.98 Å². The zero-order chi connectivity index (χ0) is 15.3. The molecule has 5 nitrogen and oxygen atoms in total. The monoisotopic (exact) mass is 291 g/mol. The number of nitrogens with zero attached hydrogens (tertiary/aromatic N) is 4. The van der Waals surface area contributed by atoms with Crippen molar-refractivity contribution in [3.63, 3.8) is 0 Å². The van der Waals surface area contributed by atoms with Gasteiger partial charge in [0.25, 0.3) is 0 Å². The van der Waals surface area contributed by atoms with Gasteiger partial charge in [-0.2, -0.15) is 14.9 Å². The Hall–Kier alpha value is -1.74. The number of hydrogen-bond acceptors (Lipinski definition) is 5. The van der Waals surface area contributed by atoms with E-state index in [0.717, 1.165) is 23.3 Å². The van der Waals surface area contributed by atoms with Crippen molar-refractivity contribution < 1.29 is 0 Å². The van der Waals surface area contributed by atoms with Crippen LogP contribution in [0.25, 0.3) is 5.65 Å². The zero-order valence-corrected chi connectivity index (χ0v) is 13.5. The quantitative estimate of drug-likeness (QED) is 0.679. The summed E-state index contributed by atoms with van der Waals surface area (Å²) in [6.45, 7) is 8.26. The van der Waals surface area contributed by atoms with Crippen molar-refractivity contribution >= 4 is 23.2 Å². The summed E-state index contributed by atoms with van der Waals surface area (Å²) < 4.78 is 1.56. The average molecular weight is 291 g/mol. The molecular weight excluding hydrogens is 270 g/mol. The van der Waals surface area contributed by atoms with Gasteiger partial charge in [-0.3, -0.25) is 0 Å². The number of aromatic nitrogens is 3. The van der Waals surface area contributed by atoms with Crippen LogP contribution in [-0.2, 0) is 6.42 Å². The lowest BCUT2D eigenvalue weighted by Gasteiger charge is -2.05. The molecule has 0 atom stereocenters. The van der Waals surface area contributed by atoms with E-state index in [1.807, 2.05) is 20.1 Å². The maximum atomic E-state index is 9.10. The fraction of sp³-hybridized carbons (Fsp3) is 0.500. The lowest BCUT2D eigenvalue weighted by Crippen LogP contribution is -2.05. The molecule has 2 aromatic rings. The molecule has 0 bridgehead atoms. The van der Waals surface area contributed by atoms with Crippen LogP contribution in [0.1, 0.15) is 44.0 Å². The predicted molar refractivity (Wildman–Crippen MR) is 84.0 cm³/mol. The van der Waals surface area contributed by atoms with Gasteiger partial charge in [0.1, 0.15) is 22.5 Å². The Labute approximate surface area is 124 Å². The first-order valence-corrected chi connectivity index (χ1v) is 7.89. The second-order valence-electron chi connectivity index (χ2n) is 4.36. The van der Waals surface area contributed by atoms with Gasteiger partial charge in [0.2, 0.25) is 0 Å². The minimum absolute atomic E-state index is 0.365. The molecule has 0 aromatic carbocycles. The first-order chi connectivity index (χ1) is 9.55. The fourth-order valence-corrected chi connectivity index (χ4v) is 2.32. The standard InChI is InChI=1S/C11H13N5S.C3H8/c1-4-8-6(2)10-14-11(17-3)7(5-12)9(13)16(10)15-8;1-3-2/h4,13H2,1-3H3;3H2,1-2H3. The Morgan fingerprint density at radius 1 is 1.35 bits per heavy atom. The lowest BCUT2D eigenvalue weighted by molar-refractivity contribution is 0.879. The van der Waals surface area contributed by atoms with Gasteiger partial charge in [0.15, 0.2) is 5.65 Å². The molecule has 0 fully saturated rings. The summed E-state index contributed by atoms with van der Waals surface area (Å²) in [6, 6.07) is 2.08. The zero-order valence-electron chi connectivity index (χ0n) is 12.7. The smallest absolute Gasteiger partial charge is 0.161 e. The van der Waals surface area contributed by atoms with Gasteiger partial charge in [0.05, 0.1) is 5.69 Å². The highest BCUT2D eigenvalue weighted by Gasteiger charge is 2.17. The van der Waals surface area contributed by atoms with Crippen LogP contribution in [0, 0.1) is 18.3 Å². The number of nitriles is 1.